The number of hydrogen-bond donors (Lipinski definition) is 0. The van der Waals surface area contributed by atoms with E-state index >= 15 is 0 Å². The van der Waals surface area contributed by atoms with E-state index in [0.29, 0.717) is 42.7 Å². The zero-order chi connectivity index (χ0) is 25.4. The number of nitrogens with zero attached hydrogens (tertiary/aromatic N) is 3. The van der Waals surface area contributed by atoms with Crippen molar-refractivity contribution in [1.29, 1.82) is 0 Å². The van der Waals surface area contributed by atoms with Gasteiger partial charge in [0.1, 0.15) is 12.0 Å². The Morgan fingerprint density at radius 3 is 2.76 bits per heavy atom. The van der Waals surface area contributed by atoms with Gasteiger partial charge >= 0.3 is 0 Å². The van der Waals surface area contributed by atoms with E-state index in [2.05, 4.69) is 4.90 Å². The number of ether oxygens (including phenoxy) is 1. The van der Waals surface area contributed by atoms with Gasteiger partial charge in [-0.2, -0.15) is 0 Å². The van der Waals surface area contributed by atoms with E-state index in [0.717, 1.165) is 66.2 Å². The molecule has 2 fully saturated rings. The molecule has 194 valence electrons. The van der Waals surface area contributed by atoms with E-state index in [1.165, 1.54) is 11.3 Å². The van der Waals surface area contributed by atoms with Crippen molar-refractivity contribution in [3.63, 3.8) is 0 Å². The lowest BCUT2D eigenvalue weighted by Crippen LogP contribution is -2.35. The summed E-state index contributed by atoms with van der Waals surface area (Å²) in [6.07, 6.45) is 5.71. The molecular weight excluding hydrogens is 492 g/mol. The SMILES string of the molecule is O=C(CCCCN1CCC(F)CC1)c1ccc2c(c1)sc1nc(-c3ccc([C@@H]4CCOC4)cc3F)cn12. The molecular formula is C29H31F2N3O2S. The maximum Gasteiger partial charge on any atom is 0.195 e. The van der Waals surface area contributed by atoms with Gasteiger partial charge in [-0.25, -0.2) is 13.8 Å². The van der Waals surface area contributed by atoms with Crippen molar-refractivity contribution < 1.29 is 18.3 Å². The Morgan fingerprint density at radius 2 is 1.97 bits per heavy atom. The molecule has 2 aliphatic heterocycles. The summed E-state index contributed by atoms with van der Waals surface area (Å²) in [5.74, 6) is 0.139. The Labute approximate surface area is 219 Å². The Hall–Kier alpha value is -2.68. The molecule has 0 N–H and O–H groups in total. The third-order valence-corrected chi connectivity index (χ3v) is 8.75. The van der Waals surface area contributed by atoms with Crippen LogP contribution >= 0.6 is 11.3 Å². The minimum atomic E-state index is -0.649. The highest BCUT2D eigenvalue weighted by Crippen LogP contribution is 2.33. The standard InChI is InChI=1S/C29H31F2N3O2S/c30-22-8-12-33(13-9-22)11-2-1-3-27(35)20-5-7-26-28(16-20)37-29-32-25(17-34(26)29)23-6-4-19(15-24(23)31)21-10-14-36-18-21/h4-7,15-17,21-22H,1-3,8-14,18H2/t21-/m1/s1. The van der Waals surface area contributed by atoms with E-state index in [1.54, 1.807) is 6.07 Å². The lowest BCUT2D eigenvalue weighted by Gasteiger charge is -2.28. The van der Waals surface area contributed by atoms with E-state index in [-0.39, 0.29) is 17.5 Å². The molecule has 6 rings (SSSR count). The van der Waals surface area contributed by atoms with E-state index in [4.69, 9.17) is 9.72 Å². The molecule has 4 heterocycles. The molecule has 0 aliphatic carbocycles. The van der Waals surface area contributed by atoms with Crippen molar-refractivity contribution in [1.82, 2.24) is 14.3 Å². The van der Waals surface area contributed by atoms with Gasteiger partial charge in [0.15, 0.2) is 10.7 Å². The van der Waals surface area contributed by atoms with Gasteiger partial charge in [0, 0.05) is 49.4 Å². The summed E-state index contributed by atoms with van der Waals surface area (Å²) in [6, 6.07) is 11.2. The van der Waals surface area contributed by atoms with Crippen LogP contribution in [0.1, 0.15) is 60.4 Å². The first kappa shape index (κ1) is 24.6. The third kappa shape index (κ3) is 5.19. The van der Waals surface area contributed by atoms with E-state index in [9.17, 15) is 13.6 Å². The lowest BCUT2D eigenvalue weighted by molar-refractivity contribution is 0.0976. The second kappa shape index (κ2) is 10.6. The average molecular weight is 524 g/mol. The Bertz CT molecular complexity index is 1420. The first-order chi connectivity index (χ1) is 18.0. The summed E-state index contributed by atoms with van der Waals surface area (Å²) in [6.45, 7) is 3.95. The molecule has 0 radical (unpaired) electrons. The molecule has 0 amide bonds. The minimum absolute atomic E-state index is 0.144. The molecule has 0 spiro atoms. The molecule has 2 aliphatic rings. The van der Waals surface area contributed by atoms with Crippen LogP contribution in [-0.4, -0.2) is 59.1 Å². The Morgan fingerprint density at radius 1 is 1.11 bits per heavy atom. The van der Waals surface area contributed by atoms with Gasteiger partial charge in [-0.3, -0.25) is 9.20 Å². The number of imidazole rings is 1. The molecule has 0 saturated carbocycles. The quantitative estimate of drug-likeness (QED) is 0.192. The molecule has 1 atom stereocenters. The summed E-state index contributed by atoms with van der Waals surface area (Å²) < 4.78 is 36.7. The molecule has 2 saturated heterocycles. The summed E-state index contributed by atoms with van der Waals surface area (Å²) in [5.41, 5.74) is 3.76. The summed E-state index contributed by atoms with van der Waals surface area (Å²) >= 11 is 1.51. The van der Waals surface area contributed by atoms with Crippen LogP contribution in [0.15, 0.2) is 42.6 Å². The highest BCUT2D eigenvalue weighted by Gasteiger charge is 2.21. The van der Waals surface area contributed by atoms with Gasteiger partial charge in [0.2, 0.25) is 0 Å². The van der Waals surface area contributed by atoms with Crippen LogP contribution < -0.4 is 0 Å². The molecule has 2 aromatic carbocycles. The fraction of sp³-hybridized carbons (Fsp3) is 0.448. The number of aromatic nitrogens is 2. The van der Waals surface area contributed by atoms with Gasteiger partial charge < -0.3 is 9.64 Å². The van der Waals surface area contributed by atoms with Crippen molar-refractivity contribution in [2.45, 2.75) is 50.6 Å². The largest absolute Gasteiger partial charge is 0.381 e. The van der Waals surface area contributed by atoms with Crippen LogP contribution in [0.2, 0.25) is 0 Å². The first-order valence-electron chi connectivity index (χ1n) is 13.2. The number of thiazole rings is 1. The Kier molecular flexibility index (Phi) is 7.06. The van der Waals surface area contributed by atoms with E-state index in [1.807, 2.05) is 40.9 Å². The van der Waals surface area contributed by atoms with Crippen molar-refractivity contribution in [3.05, 3.63) is 59.5 Å². The van der Waals surface area contributed by atoms with Gasteiger partial charge in [-0.15, -0.1) is 0 Å². The van der Waals surface area contributed by atoms with E-state index < -0.39 is 6.17 Å². The predicted octanol–water partition coefficient (Wildman–Crippen LogP) is 6.65. The van der Waals surface area contributed by atoms with Gasteiger partial charge in [-0.05, 0) is 74.5 Å². The number of halogens is 2. The number of Topliss-reactive ketones (excluding diaryl/α,β-unsaturated/α-hetero) is 1. The third-order valence-electron chi connectivity index (χ3n) is 7.73. The van der Waals surface area contributed by atoms with Crippen LogP contribution in [0.5, 0.6) is 0 Å². The van der Waals surface area contributed by atoms with Crippen molar-refractivity contribution in [3.8, 4) is 11.3 Å². The second-order valence-electron chi connectivity index (χ2n) is 10.3. The lowest BCUT2D eigenvalue weighted by atomic mass is 9.96. The zero-order valence-corrected chi connectivity index (χ0v) is 21.6. The maximum atomic E-state index is 15.0. The minimum Gasteiger partial charge on any atom is -0.381 e. The number of piperidine rings is 1. The summed E-state index contributed by atoms with van der Waals surface area (Å²) in [7, 11) is 0. The van der Waals surface area contributed by atoms with Crippen LogP contribution in [-0.2, 0) is 4.74 Å². The topological polar surface area (TPSA) is 46.8 Å². The number of benzene rings is 2. The Balaban J connectivity index is 1.12. The number of rotatable bonds is 8. The van der Waals surface area contributed by atoms with Gasteiger partial charge in [-0.1, -0.05) is 17.4 Å². The smallest absolute Gasteiger partial charge is 0.195 e. The fourth-order valence-electron chi connectivity index (χ4n) is 5.49. The first-order valence-corrected chi connectivity index (χ1v) is 14.1. The van der Waals surface area contributed by atoms with Gasteiger partial charge in [0.25, 0.3) is 0 Å². The number of carbonyl (C=O) groups is 1. The summed E-state index contributed by atoms with van der Waals surface area (Å²) in [4.78, 5) is 20.6. The molecule has 37 heavy (non-hydrogen) atoms. The molecule has 0 unspecified atom stereocenters. The zero-order valence-electron chi connectivity index (χ0n) is 20.8. The average Bonchev–Trinajstić information content (AvgIpc) is 3.64. The van der Waals surface area contributed by atoms with Crippen molar-refractivity contribution in [2.24, 2.45) is 0 Å². The number of fused-ring (bicyclic) bond motifs is 3. The molecule has 5 nitrogen and oxygen atoms in total. The maximum absolute atomic E-state index is 15.0. The van der Waals surface area contributed by atoms with Crippen LogP contribution in [0.4, 0.5) is 8.78 Å². The van der Waals surface area contributed by atoms with Crippen molar-refractivity contribution in [2.75, 3.05) is 32.8 Å². The number of ketones is 1. The van der Waals surface area contributed by atoms with Crippen LogP contribution in [0, 0.1) is 5.82 Å². The molecule has 2 aromatic heterocycles. The number of hydrogen-bond acceptors (Lipinski definition) is 5. The van der Waals surface area contributed by atoms with Crippen molar-refractivity contribution >= 4 is 32.3 Å². The monoisotopic (exact) mass is 523 g/mol. The van der Waals surface area contributed by atoms with Gasteiger partial charge in [0.05, 0.1) is 22.5 Å². The van der Waals surface area contributed by atoms with Crippen LogP contribution in [0.3, 0.4) is 0 Å². The molecule has 0 bridgehead atoms. The number of unbranched alkanes of at least 4 members (excludes halogenated alkanes) is 1. The number of likely N-dealkylation sites (tertiary alicyclic amines) is 1. The normalized spacial score (nSPS) is 19.4. The highest BCUT2D eigenvalue weighted by atomic mass is 32.1. The number of carbonyl (C=O) groups excluding carboxylic acids is 1. The highest BCUT2D eigenvalue weighted by molar-refractivity contribution is 7.23. The number of alkyl halides is 1. The van der Waals surface area contributed by atoms with Crippen LogP contribution in [0.25, 0.3) is 26.4 Å². The summed E-state index contributed by atoms with van der Waals surface area (Å²) in [5, 5.41) is 0. The second-order valence-corrected chi connectivity index (χ2v) is 11.3. The fourth-order valence-corrected chi connectivity index (χ4v) is 6.53. The predicted molar refractivity (Wildman–Crippen MR) is 143 cm³/mol. The molecule has 4 aromatic rings. The molecule has 8 heteroatoms.